The third-order valence-electron chi connectivity index (χ3n) is 5.06. The highest BCUT2D eigenvalue weighted by atomic mass is 16.2. The number of carbonyl (C=O) groups is 4. The lowest BCUT2D eigenvalue weighted by atomic mass is 9.88. The SMILES string of the molecule is CN1CC[C@@H]2CN(C(=O)CN3C(=O)NC(C)(C)C3=O)C[C@@H]2C1=O. The molecule has 5 amide bonds. The van der Waals surface area contributed by atoms with Crippen LogP contribution in [0.15, 0.2) is 0 Å². The molecule has 23 heavy (non-hydrogen) atoms. The van der Waals surface area contributed by atoms with Gasteiger partial charge in [-0.1, -0.05) is 0 Å². The van der Waals surface area contributed by atoms with E-state index in [-0.39, 0.29) is 30.2 Å². The van der Waals surface area contributed by atoms with Gasteiger partial charge in [-0.15, -0.1) is 0 Å². The number of urea groups is 1. The van der Waals surface area contributed by atoms with Crippen LogP contribution in [0, 0.1) is 11.8 Å². The Kier molecular flexibility index (Phi) is 3.57. The van der Waals surface area contributed by atoms with E-state index in [1.54, 1.807) is 30.7 Å². The van der Waals surface area contributed by atoms with Crippen LogP contribution in [0.2, 0.25) is 0 Å². The Bertz CT molecular complexity index is 588. The number of rotatable bonds is 2. The summed E-state index contributed by atoms with van der Waals surface area (Å²) in [5, 5.41) is 2.56. The number of nitrogens with zero attached hydrogens (tertiary/aromatic N) is 3. The van der Waals surface area contributed by atoms with Crippen molar-refractivity contribution >= 4 is 23.8 Å². The van der Waals surface area contributed by atoms with Gasteiger partial charge in [0.1, 0.15) is 12.1 Å². The van der Waals surface area contributed by atoms with E-state index in [4.69, 9.17) is 0 Å². The van der Waals surface area contributed by atoms with Gasteiger partial charge in [0.15, 0.2) is 0 Å². The third kappa shape index (κ3) is 2.55. The summed E-state index contributed by atoms with van der Waals surface area (Å²) in [7, 11) is 1.78. The Balaban J connectivity index is 1.65. The predicted molar refractivity (Wildman–Crippen MR) is 80.1 cm³/mol. The normalized spacial score (nSPS) is 29.9. The van der Waals surface area contributed by atoms with Gasteiger partial charge in [-0.25, -0.2) is 4.79 Å². The van der Waals surface area contributed by atoms with E-state index in [9.17, 15) is 19.2 Å². The Morgan fingerprint density at radius 2 is 1.96 bits per heavy atom. The van der Waals surface area contributed by atoms with Gasteiger partial charge < -0.3 is 15.1 Å². The van der Waals surface area contributed by atoms with Crippen molar-refractivity contribution < 1.29 is 19.2 Å². The van der Waals surface area contributed by atoms with E-state index in [2.05, 4.69) is 5.32 Å². The average Bonchev–Trinajstić information content (AvgIpc) is 2.98. The fourth-order valence-corrected chi connectivity index (χ4v) is 3.60. The molecule has 126 valence electrons. The van der Waals surface area contributed by atoms with Crippen LogP contribution in [0.25, 0.3) is 0 Å². The standard InChI is InChI=1S/C15H22N4O4/c1-15(2)13(22)19(14(23)16-15)8-11(20)18-6-9-4-5-17(3)12(21)10(9)7-18/h9-10H,4-8H2,1-3H3,(H,16,23)/t9-,10+/m1/s1. The second kappa shape index (κ2) is 5.21. The predicted octanol–water partition coefficient (Wildman–Crippen LogP) is -0.746. The number of carbonyl (C=O) groups excluding carboxylic acids is 4. The van der Waals surface area contributed by atoms with E-state index < -0.39 is 17.5 Å². The highest BCUT2D eigenvalue weighted by Crippen LogP contribution is 2.31. The van der Waals surface area contributed by atoms with Gasteiger partial charge in [0.25, 0.3) is 5.91 Å². The molecule has 3 rings (SSSR count). The molecule has 0 aromatic carbocycles. The monoisotopic (exact) mass is 322 g/mol. The highest BCUT2D eigenvalue weighted by molar-refractivity contribution is 6.08. The van der Waals surface area contributed by atoms with E-state index in [0.29, 0.717) is 19.6 Å². The zero-order valence-electron chi connectivity index (χ0n) is 13.7. The number of hydrogen-bond acceptors (Lipinski definition) is 4. The van der Waals surface area contributed by atoms with Gasteiger partial charge in [0, 0.05) is 26.7 Å². The molecule has 0 spiro atoms. The van der Waals surface area contributed by atoms with Gasteiger partial charge in [-0.05, 0) is 26.2 Å². The maximum atomic E-state index is 12.5. The minimum absolute atomic E-state index is 0.0766. The Morgan fingerprint density at radius 3 is 2.57 bits per heavy atom. The Morgan fingerprint density at radius 1 is 1.26 bits per heavy atom. The minimum atomic E-state index is -0.977. The minimum Gasteiger partial charge on any atom is -0.345 e. The molecule has 2 atom stereocenters. The molecule has 0 radical (unpaired) electrons. The first kappa shape index (κ1) is 15.8. The van der Waals surface area contributed by atoms with Crippen molar-refractivity contribution in [3.8, 4) is 0 Å². The van der Waals surface area contributed by atoms with Crippen LogP contribution in [0.5, 0.6) is 0 Å². The number of hydrogen-bond donors (Lipinski definition) is 1. The summed E-state index contributed by atoms with van der Waals surface area (Å²) >= 11 is 0. The molecule has 0 unspecified atom stereocenters. The molecule has 3 aliphatic heterocycles. The van der Waals surface area contributed by atoms with Crippen LogP contribution in [0.1, 0.15) is 20.3 Å². The van der Waals surface area contributed by atoms with Crippen LogP contribution >= 0.6 is 0 Å². The largest absolute Gasteiger partial charge is 0.345 e. The number of fused-ring (bicyclic) bond motifs is 1. The van der Waals surface area contributed by atoms with E-state index in [1.807, 2.05) is 0 Å². The smallest absolute Gasteiger partial charge is 0.325 e. The van der Waals surface area contributed by atoms with Gasteiger partial charge in [0.2, 0.25) is 11.8 Å². The topological polar surface area (TPSA) is 90.0 Å². The van der Waals surface area contributed by atoms with Crippen LogP contribution in [0.4, 0.5) is 4.79 Å². The van der Waals surface area contributed by atoms with Crippen molar-refractivity contribution in [3.05, 3.63) is 0 Å². The van der Waals surface area contributed by atoms with Crippen molar-refractivity contribution in [2.45, 2.75) is 25.8 Å². The van der Waals surface area contributed by atoms with Crippen LogP contribution in [-0.2, 0) is 14.4 Å². The average molecular weight is 322 g/mol. The molecular formula is C15H22N4O4. The lowest BCUT2D eigenvalue weighted by Gasteiger charge is -2.30. The summed E-state index contributed by atoms with van der Waals surface area (Å²) in [6.45, 7) is 4.56. The maximum Gasteiger partial charge on any atom is 0.325 e. The summed E-state index contributed by atoms with van der Waals surface area (Å²) in [5.41, 5.74) is -0.977. The number of imide groups is 1. The van der Waals surface area contributed by atoms with Gasteiger partial charge in [-0.3, -0.25) is 19.3 Å². The summed E-state index contributed by atoms with van der Waals surface area (Å²) in [4.78, 5) is 52.9. The van der Waals surface area contributed by atoms with E-state index >= 15 is 0 Å². The number of nitrogens with one attached hydrogen (secondary N) is 1. The summed E-state index contributed by atoms with van der Waals surface area (Å²) in [6.07, 6.45) is 0.882. The molecule has 0 aromatic rings. The molecule has 1 N–H and O–H groups in total. The zero-order chi connectivity index (χ0) is 16.9. The van der Waals surface area contributed by atoms with Crippen molar-refractivity contribution in [1.29, 1.82) is 0 Å². The third-order valence-corrected chi connectivity index (χ3v) is 5.06. The molecule has 8 nitrogen and oxygen atoms in total. The molecule has 3 saturated heterocycles. The van der Waals surface area contributed by atoms with Crippen molar-refractivity contribution in [1.82, 2.24) is 20.0 Å². The maximum absolute atomic E-state index is 12.5. The van der Waals surface area contributed by atoms with Gasteiger partial charge in [-0.2, -0.15) is 0 Å². The molecule has 8 heteroatoms. The first-order valence-corrected chi connectivity index (χ1v) is 7.87. The fraction of sp³-hybridized carbons (Fsp3) is 0.733. The molecular weight excluding hydrogens is 300 g/mol. The van der Waals surface area contributed by atoms with Crippen molar-refractivity contribution in [3.63, 3.8) is 0 Å². The molecule has 0 aromatic heterocycles. The molecule has 3 fully saturated rings. The summed E-state index contributed by atoms with van der Waals surface area (Å²) in [5.74, 6) is -0.577. The zero-order valence-corrected chi connectivity index (χ0v) is 13.7. The Hall–Kier alpha value is -2.12. The first-order chi connectivity index (χ1) is 10.7. The number of amides is 5. The van der Waals surface area contributed by atoms with Gasteiger partial charge >= 0.3 is 6.03 Å². The van der Waals surface area contributed by atoms with E-state index in [0.717, 1.165) is 11.3 Å². The summed E-state index contributed by atoms with van der Waals surface area (Å²) < 4.78 is 0. The molecule has 3 heterocycles. The fourth-order valence-electron chi connectivity index (χ4n) is 3.60. The lowest BCUT2D eigenvalue weighted by molar-refractivity contribution is -0.139. The molecule has 0 saturated carbocycles. The van der Waals surface area contributed by atoms with Crippen LogP contribution in [0.3, 0.4) is 0 Å². The first-order valence-electron chi connectivity index (χ1n) is 7.87. The van der Waals surface area contributed by atoms with Gasteiger partial charge in [0.05, 0.1) is 5.92 Å². The molecule has 0 bridgehead atoms. The van der Waals surface area contributed by atoms with Crippen molar-refractivity contribution in [2.24, 2.45) is 11.8 Å². The quantitative estimate of drug-likeness (QED) is 0.678. The lowest BCUT2D eigenvalue weighted by Crippen LogP contribution is -2.44. The van der Waals surface area contributed by atoms with Crippen molar-refractivity contribution in [2.75, 3.05) is 33.2 Å². The Labute approximate surface area is 134 Å². The molecule has 3 aliphatic rings. The van der Waals surface area contributed by atoms with Crippen LogP contribution in [-0.4, -0.2) is 77.2 Å². The number of likely N-dealkylation sites (tertiary alicyclic amines) is 2. The van der Waals surface area contributed by atoms with Crippen LogP contribution < -0.4 is 5.32 Å². The summed E-state index contributed by atoms with van der Waals surface area (Å²) in [6, 6.07) is -0.541. The second-order valence-electron chi connectivity index (χ2n) is 7.16. The second-order valence-corrected chi connectivity index (χ2v) is 7.16. The highest BCUT2D eigenvalue weighted by Gasteiger charge is 2.47. The van der Waals surface area contributed by atoms with E-state index in [1.165, 1.54) is 0 Å². The molecule has 0 aliphatic carbocycles. The number of piperidine rings is 1.